The molecular formula is C10H10F4N2O2. The lowest BCUT2D eigenvalue weighted by Gasteiger charge is -2.23. The van der Waals surface area contributed by atoms with Crippen molar-refractivity contribution < 1.29 is 27.5 Å². The minimum Gasteiger partial charge on any atom is -0.395 e. The third kappa shape index (κ3) is 3.95. The molecule has 1 aromatic rings. The molecule has 0 radical (unpaired) electrons. The van der Waals surface area contributed by atoms with Crippen molar-refractivity contribution in [3.05, 3.63) is 29.8 Å². The summed E-state index contributed by atoms with van der Waals surface area (Å²) in [5, 5.41) is 8.63. The number of nitrogens with zero attached hydrogens (tertiary/aromatic N) is 2. The lowest BCUT2D eigenvalue weighted by atomic mass is 10.2. The number of carbonyl (C=O) groups is 1. The lowest BCUT2D eigenvalue weighted by molar-refractivity contribution is -0.141. The van der Waals surface area contributed by atoms with Gasteiger partial charge >= 0.3 is 6.18 Å². The van der Waals surface area contributed by atoms with Crippen molar-refractivity contribution in [3.8, 4) is 0 Å². The van der Waals surface area contributed by atoms with Gasteiger partial charge in [-0.3, -0.25) is 4.79 Å². The van der Waals surface area contributed by atoms with E-state index in [0.29, 0.717) is 4.90 Å². The third-order valence-corrected chi connectivity index (χ3v) is 2.02. The molecule has 100 valence electrons. The van der Waals surface area contributed by atoms with Crippen LogP contribution in [-0.4, -0.2) is 46.8 Å². The maximum absolute atomic E-state index is 13.2. The highest BCUT2D eigenvalue weighted by molar-refractivity contribution is 5.94. The van der Waals surface area contributed by atoms with Gasteiger partial charge in [-0.25, -0.2) is 4.98 Å². The molecule has 8 heteroatoms. The summed E-state index contributed by atoms with van der Waals surface area (Å²) in [7, 11) is 0. The van der Waals surface area contributed by atoms with Crippen LogP contribution in [0.4, 0.5) is 17.6 Å². The highest BCUT2D eigenvalue weighted by atomic mass is 19.4. The number of hydrogen-bond acceptors (Lipinski definition) is 3. The van der Waals surface area contributed by atoms with Crippen LogP contribution in [0.15, 0.2) is 18.3 Å². The number of halogens is 4. The van der Waals surface area contributed by atoms with Crippen LogP contribution in [0.2, 0.25) is 0 Å². The van der Waals surface area contributed by atoms with Gasteiger partial charge in [0.15, 0.2) is 0 Å². The maximum atomic E-state index is 13.2. The standard InChI is InChI=1S/C10H10F4N2O2/c11-8-7(2-1-3-15-8)9(18)16(4-5-17)6-10(12,13)14/h1-3,17H,4-6H2. The van der Waals surface area contributed by atoms with Crippen LogP contribution in [0.3, 0.4) is 0 Å². The molecule has 0 fully saturated rings. The van der Waals surface area contributed by atoms with Crippen molar-refractivity contribution in [1.82, 2.24) is 9.88 Å². The van der Waals surface area contributed by atoms with E-state index >= 15 is 0 Å². The minimum absolute atomic E-state index is 0.320. The SMILES string of the molecule is O=C(c1cccnc1F)N(CCO)CC(F)(F)F. The van der Waals surface area contributed by atoms with Crippen molar-refractivity contribution >= 4 is 5.91 Å². The van der Waals surface area contributed by atoms with E-state index in [-0.39, 0.29) is 0 Å². The van der Waals surface area contributed by atoms with Crippen LogP contribution in [-0.2, 0) is 0 Å². The number of alkyl halides is 3. The van der Waals surface area contributed by atoms with Crippen LogP contribution < -0.4 is 0 Å². The fourth-order valence-electron chi connectivity index (χ4n) is 1.31. The minimum atomic E-state index is -4.62. The van der Waals surface area contributed by atoms with Crippen LogP contribution in [0.25, 0.3) is 0 Å². The monoisotopic (exact) mass is 266 g/mol. The van der Waals surface area contributed by atoms with Crippen molar-refractivity contribution in [1.29, 1.82) is 0 Å². The molecular weight excluding hydrogens is 256 g/mol. The molecule has 1 heterocycles. The molecule has 0 aliphatic rings. The smallest absolute Gasteiger partial charge is 0.395 e. The number of rotatable bonds is 4. The zero-order valence-corrected chi connectivity index (χ0v) is 9.12. The van der Waals surface area contributed by atoms with E-state index in [0.717, 1.165) is 12.3 Å². The molecule has 0 spiro atoms. The van der Waals surface area contributed by atoms with Gasteiger partial charge in [-0.2, -0.15) is 17.6 Å². The maximum Gasteiger partial charge on any atom is 0.406 e. The summed E-state index contributed by atoms with van der Waals surface area (Å²) in [6, 6.07) is 2.27. The first kappa shape index (κ1) is 14.4. The first-order valence-corrected chi connectivity index (χ1v) is 4.92. The normalized spacial score (nSPS) is 11.4. The molecule has 0 aromatic carbocycles. The Bertz CT molecular complexity index is 423. The molecule has 0 atom stereocenters. The molecule has 0 bridgehead atoms. The van der Waals surface area contributed by atoms with E-state index in [1.807, 2.05) is 0 Å². The fourth-order valence-corrected chi connectivity index (χ4v) is 1.31. The number of hydrogen-bond donors (Lipinski definition) is 1. The Balaban J connectivity index is 2.93. The van der Waals surface area contributed by atoms with Gasteiger partial charge in [0.2, 0.25) is 5.95 Å². The van der Waals surface area contributed by atoms with Crippen molar-refractivity contribution in [2.45, 2.75) is 6.18 Å². The highest BCUT2D eigenvalue weighted by Gasteiger charge is 2.33. The Hall–Kier alpha value is -1.70. The molecule has 0 aliphatic carbocycles. The lowest BCUT2D eigenvalue weighted by Crippen LogP contribution is -2.41. The molecule has 4 nitrogen and oxygen atoms in total. The average Bonchev–Trinajstić information content (AvgIpc) is 2.26. The largest absolute Gasteiger partial charge is 0.406 e. The summed E-state index contributed by atoms with van der Waals surface area (Å²) in [6.45, 7) is -2.74. The van der Waals surface area contributed by atoms with Gasteiger partial charge in [0, 0.05) is 12.7 Å². The molecule has 0 unspecified atom stereocenters. The van der Waals surface area contributed by atoms with E-state index in [1.54, 1.807) is 0 Å². The molecule has 18 heavy (non-hydrogen) atoms. The second kappa shape index (κ2) is 5.76. The number of aliphatic hydroxyl groups excluding tert-OH is 1. The zero-order valence-electron chi connectivity index (χ0n) is 9.12. The van der Waals surface area contributed by atoms with Gasteiger partial charge in [-0.05, 0) is 12.1 Å². The highest BCUT2D eigenvalue weighted by Crippen LogP contribution is 2.18. The predicted octanol–water partition coefficient (Wildman–Crippen LogP) is 1.22. The van der Waals surface area contributed by atoms with Crippen LogP contribution >= 0.6 is 0 Å². The number of aromatic nitrogens is 1. The van der Waals surface area contributed by atoms with Gasteiger partial charge < -0.3 is 10.0 Å². The molecule has 1 rings (SSSR count). The van der Waals surface area contributed by atoms with E-state index in [4.69, 9.17) is 5.11 Å². The summed E-state index contributed by atoms with van der Waals surface area (Å²) >= 11 is 0. The average molecular weight is 266 g/mol. The van der Waals surface area contributed by atoms with E-state index in [9.17, 15) is 22.4 Å². The van der Waals surface area contributed by atoms with Crippen LogP contribution in [0, 0.1) is 5.95 Å². The summed E-state index contributed by atoms with van der Waals surface area (Å²) < 4.78 is 49.8. The molecule has 1 amide bonds. The Morgan fingerprint density at radius 3 is 2.61 bits per heavy atom. The molecule has 0 saturated heterocycles. The Morgan fingerprint density at radius 2 is 2.11 bits per heavy atom. The fraction of sp³-hybridized carbons (Fsp3) is 0.400. The van der Waals surface area contributed by atoms with Crippen LogP contribution in [0.1, 0.15) is 10.4 Å². The second-order valence-electron chi connectivity index (χ2n) is 3.41. The van der Waals surface area contributed by atoms with Crippen molar-refractivity contribution in [2.75, 3.05) is 19.7 Å². The van der Waals surface area contributed by atoms with Crippen molar-refractivity contribution in [3.63, 3.8) is 0 Å². The van der Waals surface area contributed by atoms with Gasteiger partial charge in [-0.15, -0.1) is 0 Å². The van der Waals surface area contributed by atoms with E-state index in [2.05, 4.69) is 4.98 Å². The summed E-state index contributed by atoms with van der Waals surface area (Å²) in [5.74, 6) is -2.31. The van der Waals surface area contributed by atoms with E-state index < -0.39 is 43.3 Å². The number of pyridine rings is 1. The Labute approximate surface area is 99.9 Å². The van der Waals surface area contributed by atoms with Crippen molar-refractivity contribution in [2.24, 2.45) is 0 Å². The predicted molar refractivity (Wildman–Crippen MR) is 53.2 cm³/mol. The topological polar surface area (TPSA) is 53.4 Å². The van der Waals surface area contributed by atoms with Gasteiger partial charge in [0.25, 0.3) is 5.91 Å². The number of amides is 1. The summed E-state index contributed by atoms with van der Waals surface area (Å²) in [6.07, 6.45) is -3.55. The number of carbonyl (C=O) groups excluding carboxylic acids is 1. The quantitative estimate of drug-likeness (QED) is 0.658. The second-order valence-corrected chi connectivity index (χ2v) is 3.41. The molecule has 1 N–H and O–H groups in total. The number of aliphatic hydroxyl groups is 1. The van der Waals surface area contributed by atoms with E-state index in [1.165, 1.54) is 6.07 Å². The van der Waals surface area contributed by atoms with Crippen LogP contribution in [0.5, 0.6) is 0 Å². The zero-order chi connectivity index (χ0) is 13.8. The van der Waals surface area contributed by atoms with Gasteiger partial charge in [-0.1, -0.05) is 0 Å². The van der Waals surface area contributed by atoms with Gasteiger partial charge in [0.1, 0.15) is 6.54 Å². The first-order valence-electron chi connectivity index (χ1n) is 4.92. The first-order chi connectivity index (χ1) is 8.35. The third-order valence-electron chi connectivity index (χ3n) is 2.02. The summed E-state index contributed by atoms with van der Waals surface area (Å²) in [5.41, 5.74) is -0.560. The Morgan fingerprint density at radius 1 is 1.44 bits per heavy atom. The van der Waals surface area contributed by atoms with Gasteiger partial charge in [0.05, 0.1) is 12.2 Å². The molecule has 0 saturated carbocycles. The Kier molecular flexibility index (Phi) is 4.60. The molecule has 0 aliphatic heterocycles. The summed E-state index contributed by atoms with van der Waals surface area (Å²) in [4.78, 5) is 15.2. The molecule has 1 aromatic heterocycles.